The van der Waals surface area contributed by atoms with Crippen LogP contribution in [0, 0.1) is 5.82 Å². The minimum atomic E-state index is -0.371. The van der Waals surface area contributed by atoms with Gasteiger partial charge in [-0.25, -0.2) is 4.39 Å². The average molecular weight is 262 g/mol. The number of nitrogens with zero attached hydrogens (tertiary/aromatic N) is 2. The number of benzene rings is 1. The number of nitrogens with one attached hydrogen (secondary N) is 1. The van der Waals surface area contributed by atoms with Crippen molar-refractivity contribution in [1.82, 2.24) is 15.1 Å². The van der Waals surface area contributed by atoms with Crippen LogP contribution >= 0.6 is 0 Å². The Hall–Kier alpha value is -2.21. The summed E-state index contributed by atoms with van der Waals surface area (Å²) >= 11 is 0. The molecule has 0 aliphatic carbocycles. The Bertz CT molecular complexity index is 594. The summed E-state index contributed by atoms with van der Waals surface area (Å²) in [6, 6.07) is 6.34. The second kappa shape index (κ2) is 5.62. The van der Waals surface area contributed by atoms with Crippen molar-refractivity contribution >= 4 is 5.91 Å². The van der Waals surface area contributed by atoms with Gasteiger partial charge in [0.05, 0.1) is 0 Å². The van der Waals surface area contributed by atoms with E-state index in [9.17, 15) is 9.18 Å². The van der Waals surface area contributed by atoms with Gasteiger partial charge in [-0.3, -0.25) is 9.48 Å². The van der Waals surface area contributed by atoms with Crippen LogP contribution in [0.4, 0.5) is 4.39 Å². The van der Waals surface area contributed by atoms with Gasteiger partial charge >= 0.3 is 0 Å². The molecule has 1 heterocycles. The van der Waals surface area contributed by atoms with Crippen LogP contribution < -0.4 is 11.1 Å². The minimum absolute atomic E-state index is 0.117. The zero-order valence-corrected chi connectivity index (χ0v) is 10.6. The van der Waals surface area contributed by atoms with Gasteiger partial charge in [-0.1, -0.05) is 12.1 Å². The topological polar surface area (TPSA) is 72.9 Å². The van der Waals surface area contributed by atoms with Crippen LogP contribution in [0.2, 0.25) is 0 Å². The first kappa shape index (κ1) is 13.2. The van der Waals surface area contributed by atoms with Gasteiger partial charge in [-0.05, 0) is 17.7 Å². The van der Waals surface area contributed by atoms with E-state index < -0.39 is 0 Å². The molecule has 2 rings (SSSR count). The number of carbonyl (C=O) groups excluding carboxylic acids is 1. The van der Waals surface area contributed by atoms with Gasteiger partial charge in [-0.15, -0.1) is 0 Å². The molecule has 0 bridgehead atoms. The number of rotatable bonds is 4. The first-order valence-corrected chi connectivity index (χ1v) is 5.85. The lowest BCUT2D eigenvalue weighted by Gasteiger charge is -2.06. The third-order valence-electron chi connectivity index (χ3n) is 2.74. The highest BCUT2D eigenvalue weighted by Gasteiger charge is 2.10. The predicted molar refractivity (Wildman–Crippen MR) is 68.7 cm³/mol. The van der Waals surface area contributed by atoms with Gasteiger partial charge in [0.25, 0.3) is 5.91 Å². The molecule has 0 unspecified atom stereocenters. The van der Waals surface area contributed by atoms with E-state index >= 15 is 0 Å². The molecule has 19 heavy (non-hydrogen) atoms. The molecule has 2 aromatic rings. The van der Waals surface area contributed by atoms with E-state index in [0.717, 1.165) is 5.56 Å². The molecule has 0 radical (unpaired) electrons. The summed E-state index contributed by atoms with van der Waals surface area (Å²) in [5, 5.41) is 6.59. The molecule has 0 saturated carbocycles. The van der Waals surface area contributed by atoms with Gasteiger partial charge in [0.15, 0.2) is 0 Å². The number of amides is 1. The molecular weight excluding hydrogens is 247 g/mol. The highest BCUT2D eigenvalue weighted by atomic mass is 19.1. The van der Waals surface area contributed by atoms with Crippen molar-refractivity contribution in [2.75, 3.05) is 0 Å². The summed E-state index contributed by atoms with van der Waals surface area (Å²) in [5.41, 5.74) is 6.87. The van der Waals surface area contributed by atoms with Crippen molar-refractivity contribution in [2.45, 2.75) is 13.1 Å². The van der Waals surface area contributed by atoms with Crippen molar-refractivity contribution in [3.05, 3.63) is 53.1 Å². The van der Waals surface area contributed by atoms with Gasteiger partial charge in [0.1, 0.15) is 11.5 Å². The average Bonchev–Trinajstić information content (AvgIpc) is 2.83. The van der Waals surface area contributed by atoms with E-state index in [2.05, 4.69) is 10.4 Å². The monoisotopic (exact) mass is 262 g/mol. The molecule has 1 aromatic heterocycles. The maximum Gasteiger partial charge on any atom is 0.272 e. The molecule has 3 N–H and O–H groups in total. The Labute approximate surface area is 110 Å². The summed E-state index contributed by atoms with van der Waals surface area (Å²) in [6.07, 6.45) is 1.67. The summed E-state index contributed by atoms with van der Waals surface area (Å²) in [6.45, 7) is 0.406. The van der Waals surface area contributed by atoms with Crippen LogP contribution in [0.15, 0.2) is 30.5 Å². The largest absolute Gasteiger partial charge is 0.346 e. The third-order valence-corrected chi connectivity index (χ3v) is 2.74. The molecule has 5 nitrogen and oxygen atoms in total. The van der Waals surface area contributed by atoms with Crippen LogP contribution in [-0.4, -0.2) is 15.7 Å². The molecule has 0 aliphatic heterocycles. The Morgan fingerprint density at radius 1 is 1.47 bits per heavy atom. The van der Waals surface area contributed by atoms with E-state index in [1.165, 1.54) is 10.7 Å². The quantitative estimate of drug-likeness (QED) is 0.861. The van der Waals surface area contributed by atoms with Crippen molar-refractivity contribution in [1.29, 1.82) is 0 Å². The molecule has 6 heteroatoms. The Kier molecular flexibility index (Phi) is 3.91. The van der Waals surface area contributed by atoms with E-state index in [-0.39, 0.29) is 24.8 Å². The number of aryl methyl sites for hydroxylation is 1. The normalized spacial score (nSPS) is 10.5. The Morgan fingerprint density at radius 2 is 2.26 bits per heavy atom. The van der Waals surface area contributed by atoms with Crippen LogP contribution in [0.1, 0.15) is 21.6 Å². The fourth-order valence-corrected chi connectivity index (χ4v) is 1.66. The van der Waals surface area contributed by atoms with Crippen LogP contribution in [0.5, 0.6) is 0 Å². The second-order valence-electron chi connectivity index (χ2n) is 4.19. The SMILES string of the molecule is Cn1ccc(C(=O)NCc2ccc(CN)cc2F)n1. The van der Waals surface area contributed by atoms with Crippen LogP contribution in [-0.2, 0) is 20.1 Å². The first-order valence-electron chi connectivity index (χ1n) is 5.85. The van der Waals surface area contributed by atoms with Crippen molar-refractivity contribution in [3.63, 3.8) is 0 Å². The fourth-order valence-electron chi connectivity index (χ4n) is 1.66. The van der Waals surface area contributed by atoms with Crippen LogP contribution in [0.3, 0.4) is 0 Å². The highest BCUT2D eigenvalue weighted by Crippen LogP contribution is 2.10. The zero-order valence-electron chi connectivity index (χ0n) is 10.6. The summed E-state index contributed by atoms with van der Waals surface area (Å²) in [4.78, 5) is 11.7. The molecule has 0 saturated heterocycles. The van der Waals surface area contributed by atoms with Gasteiger partial charge in [-0.2, -0.15) is 5.10 Å². The molecule has 0 atom stereocenters. The molecule has 100 valence electrons. The number of halogens is 1. The fraction of sp³-hybridized carbons (Fsp3) is 0.231. The predicted octanol–water partition coefficient (Wildman–Crippen LogP) is 0.948. The van der Waals surface area contributed by atoms with Gasteiger partial charge < -0.3 is 11.1 Å². The number of hydrogen-bond donors (Lipinski definition) is 2. The summed E-state index contributed by atoms with van der Waals surface area (Å²) in [5.74, 6) is -0.702. The lowest BCUT2D eigenvalue weighted by molar-refractivity contribution is 0.0945. The molecule has 0 spiro atoms. The maximum absolute atomic E-state index is 13.7. The molecular formula is C13H15FN4O. The summed E-state index contributed by atoms with van der Waals surface area (Å²) in [7, 11) is 1.72. The third kappa shape index (κ3) is 3.17. The molecule has 1 amide bonds. The Balaban J connectivity index is 2.01. The lowest BCUT2D eigenvalue weighted by Crippen LogP contribution is -2.24. The van der Waals surface area contributed by atoms with E-state index in [1.54, 1.807) is 31.4 Å². The van der Waals surface area contributed by atoms with Crippen molar-refractivity contribution in [2.24, 2.45) is 12.8 Å². The minimum Gasteiger partial charge on any atom is -0.346 e. The maximum atomic E-state index is 13.7. The van der Waals surface area contributed by atoms with Crippen molar-refractivity contribution in [3.8, 4) is 0 Å². The smallest absolute Gasteiger partial charge is 0.272 e. The summed E-state index contributed by atoms with van der Waals surface area (Å²) < 4.78 is 15.2. The van der Waals surface area contributed by atoms with Gasteiger partial charge in [0.2, 0.25) is 0 Å². The highest BCUT2D eigenvalue weighted by molar-refractivity contribution is 5.92. The Morgan fingerprint density at radius 3 is 2.84 bits per heavy atom. The number of hydrogen-bond acceptors (Lipinski definition) is 3. The van der Waals surface area contributed by atoms with Crippen molar-refractivity contribution < 1.29 is 9.18 Å². The standard InChI is InChI=1S/C13H15FN4O/c1-18-5-4-12(17-18)13(19)16-8-10-3-2-9(7-15)6-11(10)14/h2-6H,7-8,15H2,1H3,(H,16,19). The van der Waals surface area contributed by atoms with E-state index in [1.807, 2.05) is 0 Å². The molecule has 0 aliphatic rings. The first-order chi connectivity index (χ1) is 9.10. The number of nitrogens with two attached hydrogens (primary N) is 1. The lowest BCUT2D eigenvalue weighted by atomic mass is 10.1. The van der Waals surface area contributed by atoms with Gasteiger partial charge in [0, 0.05) is 31.9 Å². The van der Waals surface area contributed by atoms with Crippen LogP contribution in [0.25, 0.3) is 0 Å². The van der Waals surface area contributed by atoms with E-state index in [0.29, 0.717) is 11.3 Å². The zero-order chi connectivity index (χ0) is 13.8. The molecule has 1 aromatic carbocycles. The number of aromatic nitrogens is 2. The second-order valence-corrected chi connectivity index (χ2v) is 4.19. The molecule has 0 fully saturated rings. The number of carbonyl (C=O) groups is 1. The van der Waals surface area contributed by atoms with E-state index in [4.69, 9.17) is 5.73 Å².